The molecule has 0 saturated carbocycles. The van der Waals surface area contributed by atoms with Crippen LogP contribution in [-0.2, 0) is 16.6 Å². The van der Waals surface area contributed by atoms with Gasteiger partial charge in [0.1, 0.15) is 10.5 Å². The molecule has 0 atom stereocenters. The Bertz CT molecular complexity index is 754. The fourth-order valence-corrected chi connectivity index (χ4v) is 3.86. The van der Waals surface area contributed by atoms with Crippen molar-refractivity contribution in [3.05, 3.63) is 27.6 Å². The van der Waals surface area contributed by atoms with Crippen LogP contribution in [0.4, 0.5) is 0 Å². The summed E-state index contributed by atoms with van der Waals surface area (Å²) in [5.41, 5.74) is 0.340. The lowest BCUT2D eigenvalue weighted by Crippen LogP contribution is -2.30. The minimum atomic E-state index is -3.38. The number of alkyl halides is 1. The van der Waals surface area contributed by atoms with Crippen LogP contribution in [0.2, 0.25) is 0 Å². The standard InChI is InChI=1S/C11H14ClN3O3S2/c1-15(20(17,18)6-2-4-12)7-9-13-8-3-5-19-10(8)11(16)14-9/h3,5H,2,4,6-7H2,1H3,(H,13,14,16). The Morgan fingerprint density at radius 1 is 1.50 bits per heavy atom. The summed E-state index contributed by atoms with van der Waals surface area (Å²) in [5, 5.41) is 1.78. The van der Waals surface area contributed by atoms with E-state index in [1.807, 2.05) is 0 Å². The molecule has 6 nitrogen and oxygen atoms in total. The van der Waals surface area contributed by atoms with Crippen molar-refractivity contribution in [1.82, 2.24) is 14.3 Å². The van der Waals surface area contributed by atoms with Gasteiger partial charge in [-0.15, -0.1) is 22.9 Å². The lowest BCUT2D eigenvalue weighted by Gasteiger charge is -2.16. The van der Waals surface area contributed by atoms with Crippen molar-refractivity contribution < 1.29 is 8.42 Å². The average Bonchev–Trinajstić information content (AvgIpc) is 2.85. The summed E-state index contributed by atoms with van der Waals surface area (Å²) in [6.45, 7) is 0.0334. The fourth-order valence-electron chi connectivity index (χ4n) is 1.70. The molecule has 0 aromatic carbocycles. The van der Waals surface area contributed by atoms with E-state index in [1.54, 1.807) is 11.4 Å². The van der Waals surface area contributed by atoms with Gasteiger partial charge in [-0.3, -0.25) is 4.79 Å². The van der Waals surface area contributed by atoms with E-state index in [9.17, 15) is 13.2 Å². The van der Waals surface area contributed by atoms with Gasteiger partial charge in [-0.2, -0.15) is 4.31 Å². The number of thiophene rings is 1. The normalized spacial score (nSPS) is 12.3. The molecule has 0 spiro atoms. The minimum absolute atomic E-state index is 0.0159. The number of nitrogens with one attached hydrogen (secondary N) is 1. The van der Waals surface area contributed by atoms with Gasteiger partial charge in [0.25, 0.3) is 5.56 Å². The van der Waals surface area contributed by atoms with Crippen LogP contribution in [0.3, 0.4) is 0 Å². The number of hydrogen-bond acceptors (Lipinski definition) is 5. The van der Waals surface area contributed by atoms with Crippen LogP contribution >= 0.6 is 22.9 Å². The quantitative estimate of drug-likeness (QED) is 0.808. The summed E-state index contributed by atoms with van der Waals surface area (Å²) in [6, 6.07) is 1.74. The first kappa shape index (κ1) is 15.4. The van der Waals surface area contributed by atoms with Gasteiger partial charge in [0.05, 0.1) is 17.8 Å². The maximum Gasteiger partial charge on any atom is 0.268 e. The van der Waals surface area contributed by atoms with Crippen molar-refractivity contribution in [2.75, 3.05) is 18.7 Å². The molecule has 2 aromatic heterocycles. The summed E-state index contributed by atoms with van der Waals surface area (Å²) in [6.07, 6.45) is 0.391. The fraction of sp³-hybridized carbons (Fsp3) is 0.455. The number of sulfonamides is 1. The summed E-state index contributed by atoms with van der Waals surface area (Å²) >= 11 is 6.81. The van der Waals surface area contributed by atoms with E-state index >= 15 is 0 Å². The predicted molar refractivity (Wildman–Crippen MR) is 80.8 cm³/mol. The number of hydrogen-bond donors (Lipinski definition) is 1. The molecule has 0 saturated heterocycles. The molecule has 20 heavy (non-hydrogen) atoms. The van der Waals surface area contributed by atoms with Crippen LogP contribution in [0.5, 0.6) is 0 Å². The Morgan fingerprint density at radius 2 is 2.25 bits per heavy atom. The highest BCUT2D eigenvalue weighted by atomic mass is 35.5. The zero-order valence-electron chi connectivity index (χ0n) is 10.8. The van der Waals surface area contributed by atoms with Crippen molar-refractivity contribution >= 4 is 43.2 Å². The van der Waals surface area contributed by atoms with Crippen LogP contribution in [0.25, 0.3) is 10.2 Å². The zero-order valence-corrected chi connectivity index (χ0v) is 13.2. The first-order valence-corrected chi connectivity index (χ1v) is 8.93. The van der Waals surface area contributed by atoms with E-state index in [-0.39, 0.29) is 17.9 Å². The van der Waals surface area contributed by atoms with E-state index in [0.717, 1.165) is 0 Å². The smallest absolute Gasteiger partial charge is 0.268 e. The second-order valence-electron chi connectivity index (χ2n) is 4.26. The molecule has 0 bridgehead atoms. The number of aromatic nitrogens is 2. The first-order chi connectivity index (χ1) is 9.44. The SMILES string of the molecule is CN(Cc1nc2ccsc2c(=O)[nH]1)S(=O)(=O)CCCCl. The Labute approximate surface area is 125 Å². The van der Waals surface area contributed by atoms with Gasteiger partial charge >= 0.3 is 0 Å². The third-order valence-electron chi connectivity index (χ3n) is 2.75. The van der Waals surface area contributed by atoms with Crippen LogP contribution < -0.4 is 5.56 Å². The lowest BCUT2D eigenvalue weighted by molar-refractivity contribution is 0.456. The molecule has 2 rings (SSSR count). The summed E-state index contributed by atoms with van der Waals surface area (Å²) in [7, 11) is -1.92. The Balaban J connectivity index is 2.21. The van der Waals surface area contributed by atoms with E-state index < -0.39 is 10.0 Å². The summed E-state index contributed by atoms with van der Waals surface area (Å²) in [4.78, 5) is 18.7. The molecule has 1 N–H and O–H groups in total. The van der Waals surface area contributed by atoms with Crippen LogP contribution in [-0.4, -0.2) is 41.4 Å². The van der Waals surface area contributed by atoms with Crippen LogP contribution in [0, 0.1) is 0 Å². The van der Waals surface area contributed by atoms with E-state index in [4.69, 9.17) is 11.6 Å². The predicted octanol–water partition coefficient (Wildman–Crippen LogP) is 1.38. The third-order valence-corrected chi connectivity index (χ3v) is 5.80. The number of rotatable bonds is 6. The maximum absolute atomic E-state index is 11.9. The molecule has 0 unspecified atom stereocenters. The first-order valence-electron chi connectivity index (χ1n) is 5.90. The highest BCUT2D eigenvalue weighted by Gasteiger charge is 2.18. The van der Waals surface area contributed by atoms with Gasteiger partial charge in [0, 0.05) is 12.9 Å². The molecule has 0 aliphatic carbocycles. The number of fused-ring (bicyclic) bond motifs is 1. The molecule has 9 heteroatoms. The Hall–Kier alpha value is -0.960. The topological polar surface area (TPSA) is 83.1 Å². The molecular weight excluding hydrogens is 322 g/mol. The Kier molecular flexibility index (Phi) is 4.79. The number of halogens is 1. The molecule has 0 aliphatic heterocycles. The van der Waals surface area contributed by atoms with Gasteiger partial charge in [-0.1, -0.05) is 0 Å². The largest absolute Gasteiger partial charge is 0.308 e. The average molecular weight is 336 g/mol. The molecule has 0 radical (unpaired) electrons. The van der Waals surface area contributed by atoms with E-state index in [0.29, 0.717) is 28.3 Å². The number of aromatic amines is 1. The number of H-pyrrole nitrogens is 1. The lowest BCUT2D eigenvalue weighted by atomic mass is 10.4. The third kappa shape index (κ3) is 3.38. The van der Waals surface area contributed by atoms with Gasteiger partial charge < -0.3 is 4.98 Å². The second kappa shape index (κ2) is 6.21. The van der Waals surface area contributed by atoms with E-state index in [1.165, 1.54) is 22.7 Å². The summed E-state index contributed by atoms with van der Waals surface area (Å²) < 4.78 is 25.6. The minimum Gasteiger partial charge on any atom is -0.308 e. The number of nitrogens with zero attached hydrogens (tertiary/aromatic N) is 2. The molecule has 0 fully saturated rings. The molecule has 0 amide bonds. The van der Waals surface area contributed by atoms with Crippen molar-refractivity contribution in [1.29, 1.82) is 0 Å². The van der Waals surface area contributed by atoms with Crippen molar-refractivity contribution in [2.45, 2.75) is 13.0 Å². The molecular formula is C11H14ClN3O3S2. The van der Waals surface area contributed by atoms with Crippen molar-refractivity contribution in [2.24, 2.45) is 0 Å². The Morgan fingerprint density at radius 3 is 2.95 bits per heavy atom. The van der Waals surface area contributed by atoms with E-state index in [2.05, 4.69) is 9.97 Å². The molecule has 2 aromatic rings. The molecule has 0 aliphatic rings. The van der Waals surface area contributed by atoms with Crippen molar-refractivity contribution in [3.8, 4) is 0 Å². The van der Waals surface area contributed by atoms with Gasteiger partial charge in [-0.05, 0) is 17.9 Å². The second-order valence-corrected chi connectivity index (χ2v) is 7.75. The van der Waals surface area contributed by atoms with Gasteiger partial charge in [0.15, 0.2) is 0 Å². The summed E-state index contributed by atoms with van der Waals surface area (Å²) in [5.74, 6) is 0.610. The van der Waals surface area contributed by atoms with Gasteiger partial charge in [-0.25, -0.2) is 13.4 Å². The van der Waals surface area contributed by atoms with Gasteiger partial charge in [0.2, 0.25) is 10.0 Å². The monoisotopic (exact) mass is 335 g/mol. The highest BCUT2D eigenvalue weighted by Crippen LogP contribution is 2.14. The highest BCUT2D eigenvalue weighted by molar-refractivity contribution is 7.89. The van der Waals surface area contributed by atoms with Crippen LogP contribution in [0.15, 0.2) is 16.2 Å². The molecule has 110 valence electrons. The maximum atomic E-state index is 11.9. The zero-order chi connectivity index (χ0) is 14.8. The van der Waals surface area contributed by atoms with Crippen molar-refractivity contribution in [3.63, 3.8) is 0 Å². The van der Waals surface area contributed by atoms with Crippen LogP contribution in [0.1, 0.15) is 12.2 Å². The molecule has 2 heterocycles.